The molecule has 15 heavy (non-hydrogen) atoms. The lowest BCUT2D eigenvalue weighted by molar-refractivity contribution is 1.17. The Labute approximate surface area is 94.0 Å². The lowest BCUT2D eigenvalue weighted by atomic mass is 10.1. The minimum absolute atomic E-state index is 0.471. The summed E-state index contributed by atoms with van der Waals surface area (Å²) >= 11 is 5.82. The van der Waals surface area contributed by atoms with E-state index in [2.05, 4.69) is 42.0 Å². The van der Waals surface area contributed by atoms with Gasteiger partial charge < -0.3 is 0 Å². The zero-order chi connectivity index (χ0) is 10.8. The smallest absolute Gasteiger partial charge is 0.160 e. The molecule has 0 fully saturated rings. The second-order valence-electron chi connectivity index (χ2n) is 3.58. The van der Waals surface area contributed by atoms with Crippen LogP contribution in [0.15, 0.2) is 30.5 Å². The molecule has 0 amide bonds. The Morgan fingerprint density at radius 3 is 2.33 bits per heavy atom. The molecule has 0 saturated heterocycles. The van der Waals surface area contributed by atoms with Gasteiger partial charge in [0.05, 0.1) is 0 Å². The van der Waals surface area contributed by atoms with E-state index >= 15 is 0 Å². The van der Waals surface area contributed by atoms with E-state index in [0.29, 0.717) is 11.0 Å². The van der Waals surface area contributed by atoms with E-state index in [1.165, 1.54) is 11.1 Å². The highest BCUT2D eigenvalue weighted by Gasteiger charge is 2.02. The zero-order valence-electron chi connectivity index (χ0n) is 8.66. The highest BCUT2D eigenvalue weighted by atomic mass is 35.5. The third kappa shape index (κ3) is 2.34. The Bertz CT molecular complexity index is 474. The maximum atomic E-state index is 5.82. The van der Waals surface area contributed by atoms with E-state index in [-0.39, 0.29) is 0 Å². The van der Waals surface area contributed by atoms with E-state index in [0.717, 1.165) is 5.56 Å². The first-order chi connectivity index (χ1) is 7.15. The minimum atomic E-state index is 0.471. The second kappa shape index (κ2) is 3.99. The maximum absolute atomic E-state index is 5.82. The van der Waals surface area contributed by atoms with Crippen LogP contribution in [0.4, 0.5) is 0 Å². The van der Waals surface area contributed by atoms with Gasteiger partial charge in [0.25, 0.3) is 0 Å². The molecule has 0 spiro atoms. The van der Waals surface area contributed by atoms with Crippen LogP contribution < -0.4 is 0 Å². The SMILES string of the molecule is Cc1cc(C)cc(-c2nccc(Cl)n2)c1. The van der Waals surface area contributed by atoms with Crippen molar-refractivity contribution in [3.63, 3.8) is 0 Å². The molecular weight excluding hydrogens is 208 g/mol. The van der Waals surface area contributed by atoms with Crippen LogP contribution in [0, 0.1) is 13.8 Å². The van der Waals surface area contributed by atoms with Crippen molar-refractivity contribution in [3.8, 4) is 11.4 Å². The Hall–Kier alpha value is -1.41. The molecule has 0 radical (unpaired) electrons. The zero-order valence-corrected chi connectivity index (χ0v) is 9.42. The topological polar surface area (TPSA) is 25.8 Å². The van der Waals surface area contributed by atoms with E-state index in [1.54, 1.807) is 12.3 Å². The predicted octanol–water partition coefficient (Wildman–Crippen LogP) is 3.41. The molecule has 0 N–H and O–H groups in total. The van der Waals surface area contributed by atoms with E-state index in [1.807, 2.05) is 0 Å². The van der Waals surface area contributed by atoms with Crippen LogP contribution in [-0.4, -0.2) is 9.97 Å². The fraction of sp³-hybridized carbons (Fsp3) is 0.167. The van der Waals surface area contributed by atoms with Gasteiger partial charge in [-0.15, -0.1) is 0 Å². The van der Waals surface area contributed by atoms with Gasteiger partial charge in [0.1, 0.15) is 5.15 Å². The predicted molar refractivity (Wildman–Crippen MR) is 62.0 cm³/mol. The summed E-state index contributed by atoms with van der Waals surface area (Å²) in [4.78, 5) is 8.38. The fourth-order valence-corrected chi connectivity index (χ4v) is 1.72. The van der Waals surface area contributed by atoms with Gasteiger partial charge in [0.2, 0.25) is 0 Å². The average molecular weight is 219 g/mol. The van der Waals surface area contributed by atoms with Gasteiger partial charge in [-0.05, 0) is 32.0 Å². The monoisotopic (exact) mass is 218 g/mol. The standard InChI is InChI=1S/C12H11ClN2/c1-8-5-9(2)7-10(6-8)12-14-4-3-11(13)15-12/h3-7H,1-2H3. The largest absolute Gasteiger partial charge is 0.236 e. The minimum Gasteiger partial charge on any atom is -0.236 e. The summed E-state index contributed by atoms with van der Waals surface area (Å²) < 4.78 is 0. The molecule has 1 heterocycles. The third-order valence-corrected chi connectivity index (χ3v) is 2.31. The Morgan fingerprint density at radius 1 is 1.07 bits per heavy atom. The molecule has 0 aliphatic rings. The third-order valence-electron chi connectivity index (χ3n) is 2.10. The number of hydrogen-bond acceptors (Lipinski definition) is 2. The van der Waals surface area contributed by atoms with Gasteiger partial charge in [0, 0.05) is 11.8 Å². The van der Waals surface area contributed by atoms with Crippen LogP contribution in [0.1, 0.15) is 11.1 Å². The molecule has 0 saturated carbocycles. The van der Waals surface area contributed by atoms with Crippen molar-refractivity contribution in [2.75, 3.05) is 0 Å². The van der Waals surface area contributed by atoms with Crippen molar-refractivity contribution in [1.29, 1.82) is 0 Å². The van der Waals surface area contributed by atoms with Crippen LogP contribution in [0.2, 0.25) is 5.15 Å². The van der Waals surface area contributed by atoms with Gasteiger partial charge in [-0.2, -0.15) is 0 Å². The number of benzene rings is 1. The van der Waals surface area contributed by atoms with E-state index in [4.69, 9.17) is 11.6 Å². The highest BCUT2D eigenvalue weighted by molar-refractivity contribution is 6.29. The highest BCUT2D eigenvalue weighted by Crippen LogP contribution is 2.19. The van der Waals surface area contributed by atoms with Crippen LogP contribution >= 0.6 is 11.6 Å². The van der Waals surface area contributed by atoms with Gasteiger partial charge >= 0.3 is 0 Å². The van der Waals surface area contributed by atoms with Crippen molar-refractivity contribution in [3.05, 3.63) is 46.7 Å². The summed E-state index contributed by atoms with van der Waals surface area (Å²) in [6.45, 7) is 4.11. The first kappa shape index (κ1) is 10.1. The molecule has 76 valence electrons. The molecule has 0 aliphatic heterocycles. The fourth-order valence-electron chi connectivity index (χ4n) is 1.58. The maximum Gasteiger partial charge on any atom is 0.160 e. The summed E-state index contributed by atoms with van der Waals surface area (Å²) in [7, 11) is 0. The number of aromatic nitrogens is 2. The summed E-state index contributed by atoms with van der Waals surface area (Å²) in [6.07, 6.45) is 1.67. The van der Waals surface area contributed by atoms with Crippen molar-refractivity contribution < 1.29 is 0 Å². The number of hydrogen-bond donors (Lipinski definition) is 0. The van der Waals surface area contributed by atoms with Crippen LogP contribution in [-0.2, 0) is 0 Å². The molecule has 1 aromatic heterocycles. The first-order valence-electron chi connectivity index (χ1n) is 4.72. The summed E-state index contributed by atoms with van der Waals surface area (Å²) in [5.74, 6) is 0.675. The molecule has 1 aromatic carbocycles. The Balaban J connectivity index is 2.54. The van der Waals surface area contributed by atoms with Crippen LogP contribution in [0.5, 0.6) is 0 Å². The Morgan fingerprint density at radius 2 is 1.73 bits per heavy atom. The summed E-state index contributed by atoms with van der Waals surface area (Å²) in [5.41, 5.74) is 3.41. The lowest BCUT2D eigenvalue weighted by Crippen LogP contribution is -1.89. The quantitative estimate of drug-likeness (QED) is 0.686. The van der Waals surface area contributed by atoms with Gasteiger partial charge in [0.15, 0.2) is 5.82 Å². The number of nitrogens with zero attached hydrogens (tertiary/aromatic N) is 2. The van der Waals surface area contributed by atoms with Gasteiger partial charge in [-0.25, -0.2) is 9.97 Å². The number of aryl methyl sites for hydroxylation is 2. The van der Waals surface area contributed by atoms with Crippen molar-refractivity contribution >= 4 is 11.6 Å². The molecule has 0 bridgehead atoms. The molecular formula is C12H11ClN2. The molecule has 3 heteroatoms. The second-order valence-corrected chi connectivity index (χ2v) is 3.97. The normalized spacial score (nSPS) is 10.3. The molecule has 2 rings (SSSR count). The van der Waals surface area contributed by atoms with E-state index in [9.17, 15) is 0 Å². The lowest BCUT2D eigenvalue weighted by Gasteiger charge is -2.03. The first-order valence-corrected chi connectivity index (χ1v) is 5.10. The molecule has 2 nitrogen and oxygen atoms in total. The number of halogens is 1. The van der Waals surface area contributed by atoms with Crippen molar-refractivity contribution in [2.45, 2.75) is 13.8 Å². The van der Waals surface area contributed by atoms with E-state index < -0.39 is 0 Å². The van der Waals surface area contributed by atoms with Crippen LogP contribution in [0.25, 0.3) is 11.4 Å². The van der Waals surface area contributed by atoms with Gasteiger partial charge in [-0.1, -0.05) is 28.8 Å². The van der Waals surface area contributed by atoms with Crippen molar-refractivity contribution in [2.24, 2.45) is 0 Å². The molecule has 0 unspecified atom stereocenters. The van der Waals surface area contributed by atoms with Crippen LogP contribution in [0.3, 0.4) is 0 Å². The Kier molecular flexibility index (Phi) is 2.69. The molecule has 0 aliphatic carbocycles. The number of rotatable bonds is 1. The summed E-state index contributed by atoms with van der Waals surface area (Å²) in [5, 5.41) is 0.471. The molecule has 2 aromatic rings. The molecule has 0 atom stereocenters. The van der Waals surface area contributed by atoms with Crippen molar-refractivity contribution in [1.82, 2.24) is 9.97 Å². The van der Waals surface area contributed by atoms with Gasteiger partial charge in [-0.3, -0.25) is 0 Å². The summed E-state index contributed by atoms with van der Waals surface area (Å²) in [6, 6.07) is 7.90. The average Bonchev–Trinajstić information content (AvgIpc) is 2.16.